The molecule has 7 heteroatoms. The van der Waals surface area contributed by atoms with Crippen LogP contribution in [0.5, 0.6) is 23.0 Å². The van der Waals surface area contributed by atoms with Crippen molar-refractivity contribution < 1.29 is 23.7 Å². The van der Waals surface area contributed by atoms with E-state index < -0.39 is 5.97 Å². The van der Waals surface area contributed by atoms with E-state index >= 15 is 0 Å². The van der Waals surface area contributed by atoms with Crippen LogP contribution in [-0.4, -0.2) is 32.3 Å². The van der Waals surface area contributed by atoms with Crippen LogP contribution in [0.3, 0.4) is 0 Å². The van der Waals surface area contributed by atoms with Crippen molar-refractivity contribution in [2.45, 2.75) is 6.42 Å². The highest BCUT2D eigenvalue weighted by Gasteiger charge is 2.17. The summed E-state index contributed by atoms with van der Waals surface area (Å²) in [5.41, 5.74) is 1.20. The largest absolute Gasteiger partial charge is 0.493 e. The molecule has 0 fully saturated rings. The molecule has 3 rings (SSSR count). The maximum absolute atomic E-state index is 12.5. The average Bonchev–Trinajstić information content (AvgIpc) is 2.69. The number of fused-ring (bicyclic) bond motifs is 1. The Bertz CT molecular complexity index is 964. The summed E-state index contributed by atoms with van der Waals surface area (Å²) in [5, 5.41) is 1.26. The molecule has 6 nitrogen and oxygen atoms in total. The summed E-state index contributed by atoms with van der Waals surface area (Å²) in [4.78, 5) is 16.7. The van der Waals surface area contributed by atoms with Crippen molar-refractivity contribution in [3.63, 3.8) is 0 Å². The van der Waals surface area contributed by atoms with Gasteiger partial charge in [0.1, 0.15) is 5.52 Å². The number of halogens is 1. The molecule has 0 N–H and O–H groups in total. The van der Waals surface area contributed by atoms with E-state index in [0.29, 0.717) is 39.1 Å². The molecule has 140 valence electrons. The highest BCUT2D eigenvalue weighted by Crippen LogP contribution is 2.38. The topological polar surface area (TPSA) is 66.9 Å². The zero-order valence-electron chi connectivity index (χ0n) is 15.1. The summed E-state index contributed by atoms with van der Waals surface area (Å²) >= 11 is 6.17. The third kappa shape index (κ3) is 3.90. The lowest BCUT2D eigenvalue weighted by molar-refractivity contribution is -0.133. The van der Waals surface area contributed by atoms with Gasteiger partial charge in [0.05, 0.1) is 32.8 Å². The Morgan fingerprint density at radius 1 is 1.00 bits per heavy atom. The van der Waals surface area contributed by atoms with Crippen molar-refractivity contribution in [2.75, 3.05) is 21.3 Å². The standard InChI is InChI=1S/C20H18ClNO5/c1-24-16-9-12(10-17(25-2)20(16)26-3)11-18(23)27-15-7-6-14(21)13-5-4-8-22-19(13)15/h4-10H,11H2,1-3H3. The summed E-state index contributed by atoms with van der Waals surface area (Å²) in [6.07, 6.45) is 1.64. The van der Waals surface area contributed by atoms with Gasteiger partial charge >= 0.3 is 5.97 Å². The maximum Gasteiger partial charge on any atom is 0.315 e. The lowest BCUT2D eigenvalue weighted by Gasteiger charge is -2.14. The molecule has 0 spiro atoms. The summed E-state index contributed by atoms with van der Waals surface area (Å²) < 4.78 is 21.4. The third-order valence-corrected chi connectivity index (χ3v) is 4.31. The molecule has 0 unspecified atom stereocenters. The second-order valence-electron chi connectivity index (χ2n) is 5.63. The Morgan fingerprint density at radius 3 is 2.33 bits per heavy atom. The van der Waals surface area contributed by atoms with Crippen LogP contribution in [0.2, 0.25) is 5.02 Å². The molecular weight excluding hydrogens is 370 g/mol. The molecule has 0 atom stereocenters. The zero-order valence-corrected chi connectivity index (χ0v) is 15.9. The summed E-state index contributed by atoms with van der Waals surface area (Å²) in [6, 6.07) is 10.3. The zero-order chi connectivity index (χ0) is 19.4. The first kappa shape index (κ1) is 18.8. The van der Waals surface area contributed by atoms with Crippen LogP contribution in [0.4, 0.5) is 0 Å². The number of hydrogen-bond acceptors (Lipinski definition) is 6. The quantitative estimate of drug-likeness (QED) is 0.469. The molecule has 2 aromatic carbocycles. The Labute approximate surface area is 161 Å². The highest BCUT2D eigenvalue weighted by molar-refractivity contribution is 6.35. The predicted octanol–water partition coefficient (Wildman–Crippen LogP) is 4.06. The molecular formula is C20H18ClNO5. The first-order valence-electron chi connectivity index (χ1n) is 8.10. The van der Waals surface area contributed by atoms with Gasteiger partial charge in [-0.25, -0.2) is 0 Å². The number of methoxy groups -OCH3 is 3. The number of hydrogen-bond donors (Lipinski definition) is 0. The van der Waals surface area contributed by atoms with Gasteiger partial charge in [0.25, 0.3) is 0 Å². The molecule has 3 aromatic rings. The Balaban J connectivity index is 1.86. The first-order valence-corrected chi connectivity index (χ1v) is 8.48. The molecule has 1 aromatic heterocycles. The number of carbonyl (C=O) groups is 1. The Hall–Kier alpha value is -2.99. The fourth-order valence-corrected chi connectivity index (χ4v) is 2.97. The van der Waals surface area contributed by atoms with E-state index in [2.05, 4.69) is 4.98 Å². The van der Waals surface area contributed by atoms with Crippen LogP contribution >= 0.6 is 11.6 Å². The molecule has 0 radical (unpaired) electrons. The SMILES string of the molecule is COc1cc(CC(=O)Oc2ccc(Cl)c3cccnc23)cc(OC)c1OC. The van der Waals surface area contributed by atoms with Crippen molar-refractivity contribution in [1.82, 2.24) is 4.98 Å². The summed E-state index contributed by atoms with van der Waals surface area (Å²) in [7, 11) is 4.56. The summed E-state index contributed by atoms with van der Waals surface area (Å²) in [5.74, 6) is 1.31. The van der Waals surface area contributed by atoms with Gasteiger partial charge in [-0.3, -0.25) is 9.78 Å². The number of ether oxygens (including phenoxy) is 4. The first-order chi connectivity index (χ1) is 13.1. The minimum Gasteiger partial charge on any atom is -0.493 e. The molecule has 0 bridgehead atoms. The number of carbonyl (C=O) groups excluding carboxylic acids is 1. The minimum absolute atomic E-state index is 0.0215. The molecule has 0 saturated heterocycles. The van der Waals surface area contributed by atoms with Crippen molar-refractivity contribution >= 4 is 28.5 Å². The molecule has 0 amide bonds. The average molecular weight is 388 g/mol. The fraction of sp³-hybridized carbons (Fsp3) is 0.200. The van der Waals surface area contributed by atoms with E-state index in [1.54, 1.807) is 36.5 Å². The minimum atomic E-state index is -0.446. The highest BCUT2D eigenvalue weighted by atomic mass is 35.5. The van der Waals surface area contributed by atoms with Gasteiger partial charge in [-0.1, -0.05) is 11.6 Å². The number of rotatable bonds is 6. The van der Waals surface area contributed by atoms with Crippen LogP contribution in [-0.2, 0) is 11.2 Å². The lowest BCUT2D eigenvalue weighted by Crippen LogP contribution is -2.12. The lowest BCUT2D eigenvalue weighted by atomic mass is 10.1. The fourth-order valence-electron chi connectivity index (χ4n) is 2.76. The Morgan fingerprint density at radius 2 is 1.70 bits per heavy atom. The predicted molar refractivity (Wildman–Crippen MR) is 102 cm³/mol. The van der Waals surface area contributed by atoms with Crippen LogP contribution in [0.15, 0.2) is 42.6 Å². The van der Waals surface area contributed by atoms with Gasteiger partial charge in [-0.05, 0) is 42.0 Å². The second kappa shape index (κ2) is 8.14. The van der Waals surface area contributed by atoms with E-state index in [0.717, 1.165) is 5.39 Å². The molecule has 1 heterocycles. The van der Waals surface area contributed by atoms with Crippen LogP contribution in [0.25, 0.3) is 10.9 Å². The van der Waals surface area contributed by atoms with E-state index in [-0.39, 0.29) is 6.42 Å². The molecule has 0 aliphatic rings. The van der Waals surface area contributed by atoms with Crippen LogP contribution in [0, 0.1) is 0 Å². The van der Waals surface area contributed by atoms with Crippen molar-refractivity contribution in [3.05, 3.63) is 53.2 Å². The molecule has 0 aliphatic heterocycles. The van der Waals surface area contributed by atoms with Crippen LogP contribution < -0.4 is 18.9 Å². The number of nitrogens with zero attached hydrogens (tertiary/aromatic N) is 1. The molecule has 0 saturated carbocycles. The maximum atomic E-state index is 12.5. The molecule has 0 aliphatic carbocycles. The van der Waals surface area contributed by atoms with E-state index in [4.69, 9.17) is 30.5 Å². The van der Waals surface area contributed by atoms with Gasteiger partial charge in [-0.2, -0.15) is 0 Å². The number of aromatic nitrogens is 1. The van der Waals surface area contributed by atoms with E-state index in [1.165, 1.54) is 21.3 Å². The van der Waals surface area contributed by atoms with Crippen LogP contribution in [0.1, 0.15) is 5.56 Å². The van der Waals surface area contributed by atoms with Crippen molar-refractivity contribution in [1.29, 1.82) is 0 Å². The van der Waals surface area contributed by atoms with Crippen molar-refractivity contribution in [2.24, 2.45) is 0 Å². The number of benzene rings is 2. The second-order valence-corrected chi connectivity index (χ2v) is 6.04. The Kier molecular flexibility index (Phi) is 5.66. The van der Waals surface area contributed by atoms with Gasteiger partial charge in [0.15, 0.2) is 17.2 Å². The third-order valence-electron chi connectivity index (χ3n) is 3.98. The van der Waals surface area contributed by atoms with Gasteiger partial charge in [0, 0.05) is 11.6 Å². The smallest absolute Gasteiger partial charge is 0.315 e. The van der Waals surface area contributed by atoms with E-state index in [9.17, 15) is 4.79 Å². The van der Waals surface area contributed by atoms with Gasteiger partial charge < -0.3 is 18.9 Å². The number of pyridine rings is 1. The van der Waals surface area contributed by atoms with Gasteiger partial charge in [0.2, 0.25) is 5.75 Å². The number of esters is 1. The molecule has 27 heavy (non-hydrogen) atoms. The summed E-state index contributed by atoms with van der Waals surface area (Å²) in [6.45, 7) is 0. The monoisotopic (exact) mass is 387 g/mol. The van der Waals surface area contributed by atoms with E-state index in [1.807, 2.05) is 6.07 Å². The van der Waals surface area contributed by atoms with Gasteiger partial charge in [-0.15, -0.1) is 0 Å². The van der Waals surface area contributed by atoms with Crippen molar-refractivity contribution in [3.8, 4) is 23.0 Å². The normalized spacial score (nSPS) is 10.5.